The van der Waals surface area contributed by atoms with E-state index in [1.165, 1.54) is 0 Å². The third-order valence-electron chi connectivity index (χ3n) is 8.92. The Balaban J connectivity index is 1.33. The van der Waals surface area contributed by atoms with Crippen molar-refractivity contribution in [2.75, 3.05) is 18.6 Å². The fraction of sp³-hybridized carbons (Fsp3) is 0.545. The molecule has 2 aliphatic rings. The van der Waals surface area contributed by atoms with E-state index in [9.17, 15) is 9.90 Å². The average molecular weight is 545 g/mol. The standard InChI is InChI=1S/C33H44N4O3/c1-22(2)37-21-28(19-34-37)27-6-5-7-29(18-27)36(33(39)26-12-14-30(38)15-13-26)20-24-8-10-25(11-9-24)31-16-17-32(40-4)23(3)35-31/h5-7,16-19,21-22,24-26,30,38H,8-15,20H2,1-4H3. The Morgan fingerprint density at radius 2 is 1.80 bits per heavy atom. The molecule has 0 atom stereocenters. The highest BCUT2D eigenvalue weighted by Crippen LogP contribution is 2.38. The molecule has 2 aliphatic carbocycles. The first kappa shape index (κ1) is 28.3. The van der Waals surface area contributed by atoms with E-state index in [1.54, 1.807) is 7.11 Å². The summed E-state index contributed by atoms with van der Waals surface area (Å²) in [4.78, 5) is 20.9. The highest BCUT2D eigenvalue weighted by molar-refractivity contribution is 5.95. The van der Waals surface area contributed by atoms with E-state index >= 15 is 0 Å². The second-order valence-corrected chi connectivity index (χ2v) is 12.0. The lowest BCUT2D eigenvalue weighted by Gasteiger charge is -2.35. The fourth-order valence-electron chi connectivity index (χ4n) is 6.40. The Kier molecular flexibility index (Phi) is 8.89. The number of methoxy groups -OCH3 is 1. The second kappa shape index (κ2) is 12.5. The molecule has 0 unspecified atom stereocenters. The smallest absolute Gasteiger partial charge is 0.230 e. The SMILES string of the molecule is COc1ccc(C2CCC(CN(C(=O)C3CCC(O)CC3)c3cccc(-c4cnn(C(C)C)c4)c3)CC2)nc1C. The summed E-state index contributed by atoms with van der Waals surface area (Å²) in [5.41, 5.74) is 5.19. The summed E-state index contributed by atoms with van der Waals surface area (Å²) < 4.78 is 7.37. The van der Waals surface area contributed by atoms with Crippen LogP contribution in [-0.4, -0.2) is 45.5 Å². The molecule has 2 heterocycles. The maximum Gasteiger partial charge on any atom is 0.230 e. The monoisotopic (exact) mass is 544 g/mol. The first-order valence-electron chi connectivity index (χ1n) is 15.0. The highest BCUT2D eigenvalue weighted by atomic mass is 16.5. The van der Waals surface area contributed by atoms with Gasteiger partial charge >= 0.3 is 0 Å². The zero-order valence-electron chi connectivity index (χ0n) is 24.4. The number of anilines is 1. The van der Waals surface area contributed by atoms with Crippen LogP contribution in [-0.2, 0) is 4.79 Å². The van der Waals surface area contributed by atoms with Crippen molar-refractivity contribution in [3.63, 3.8) is 0 Å². The van der Waals surface area contributed by atoms with Gasteiger partial charge in [0.25, 0.3) is 0 Å². The molecule has 2 aromatic heterocycles. The Hall–Kier alpha value is -3.19. The molecule has 0 saturated heterocycles. The Bertz CT molecular complexity index is 1290. The first-order chi connectivity index (χ1) is 19.3. The quantitative estimate of drug-likeness (QED) is 0.341. The minimum Gasteiger partial charge on any atom is -0.495 e. The van der Waals surface area contributed by atoms with Crippen LogP contribution in [0.5, 0.6) is 5.75 Å². The number of benzene rings is 1. The van der Waals surface area contributed by atoms with Crippen LogP contribution >= 0.6 is 0 Å². The molecule has 5 rings (SSSR count). The number of hydrogen-bond acceptors (Lipinski definition) is 5. The summed E-state index contributed by atoms with van der Waals surface area (Å²) >= 11 is 0. The third-order valence-corrected chi connectivity index (χ3v) is 8.92. The van der Waals surface area contributed by atoms with Crippen LogP contribution in [0.3, 0.4) is 0 Å². The number of aryl methyl sites for hydroxylation is 1. The van der Waals surface area contributed by atoms with E-state index in [0.717, 1.165) is 79.0 Å². The van der Waals surface area contributed by atoms with Gasteiger partial charge in [-0.25, -0.2) is 0 Å². The fourth-order valence-corrected chi connectivity index (χ4v) is 6.40. The van der Waals surface area contributed by atoms with E-state index < -0.39 is 0 Å². The van der Waals surface area contributed by atoms with Crippen molar-refractivity contribution in [3.05, 3.63) is 60.2 Å². The lowest BCUT2D eigenvalue weighted by molar-refractivity contribution is -0.124. The Labute approximate surface area is 238 Å². The molecule has 0 bridgehead atoms. The molecule has 40 heavy (non-hydrogen) atoms. The summed E-state index contributed by atoms with van der Waals surface area (Å²) in [5.74, 6) is 1.90. The van der Waals surface area contributed by atoms with Gasteiger partial charge in [-0.1, -0.05) is 12.1 Å². The minimum absolute atomic E-state index is 0.0291. The van der Waals surface area contributed by atoms with Crippen molar-refractivity contribution in [1.82, 2.24) is 14.8 Å². The number of aliphatic hydroxyl groups excluding tert-OH is 1. The Morgan fingerprint density at radius 3 is 2.45 bits per heavy atom. The van der Waals surface area contributed by atoms with Gasteiger partial charge < -0.3 is 14.7 Å². The van der Waals surface area contributed by atoms with Gasteiger partial charge in [0, 0.05) is 47.6 Å². The maximum absolute atomic E-state index is 14.0. The molecule has 3 aromatic rings. The van der Waals surface area contributed by atoms with Gasteiger partial charge in [0.05, 0.1) is 25.1 Å². The van der Waals surface area contributed by atoms with Gasteiger partial charge in [0.1, 0.15) is 5.75 Å². The van der Waals surface area contributed by atoms with Crippen LogP contribution in [0.4, 0.5) is 5.69 Å². The molecule has 2 fully saturated rings. The number of aliphatic hydroxyl groups is 1. The van der Waals surface area contributed by atoms with E-state index in [1.807, 2.05) is 23.9 Å². The van der Waals surface area contributed by atoms with Gasteiger partial charge in [0.15, 0.2) is 0 Å². The summed E-state index contributed by atoms with van der Waals surface area (Å²) in [6, 6.07) is 12.8. The number of pyridine rings is 1. The lowest BCUT2D eigenvalue weighted by Crippen LogP contribution is -2.41. The van der Waals surface area contributed by atoms with Crippen LogP contribution < -0.4 is 9.64 Å². The van der Waals surface area contributed by atoms with E-state index in [4.69, 9.17) is 9.72 Å². The third kappa shape index (κ3) is 6.41. The molecular weight excluding hydrogens is 500 g/mol. The van der Waals surface area contributed by atoms with Gasteiger partial charge in [-0.3, -0.25) is 14.5 Å². The van der Waals surface area contributed by atoms with Crippen molar-refractivity contribution in [3.8, 4) is 16.9 Å². The lowest BCUT2D eigenvalue weighted by atomic mass is 9.79. The van der Waals surface area contributed by atoms with Crippen molar-refractivity contribution < 1.29 is 14.6 Å². The topological polar surface area (TPSA) is 80.5 Å². The molecule has 1 N–H and O–H groups in total. The van der Waals surface area contributed by atoms with Crippen LogP contribution in [0.15, 0.2) is 48.8 Å². The molecule has 7 nitrogen and oxygen atoms in total. The first-order valence-corrected chi connectivity index (χ1v) is 15.0. The summed E-state index contributed by atoms with van der Waals surface area (Å²) in [6.07, 6.45) is 10.9. The number of aromatic nitrogens is 3. The van der Waals surface area contributed by atoms with Gasteiger partial charge in [-0.05, 0) is 108 Å². The summed E-state index contributed by atoms with van der Waals surface area (Å²) in [5, 5.41) is 14.6. The minimum atomic E-state index is -0.274. The summed E-state index contributed by atoms with van der Waals surface area (Å²) in [6.45, 7) is 6.97. The number of hydrogen-bond donors (Lipinski definition) is 1. The number of ether oxygens (including phenoxy) is 1. The van der Waals surface area contributed by atoms with Crippen LogP contribution in [0.25, 0.3) is 11.1 Å². The normalized spacial score (nSPS) is 23.2. The van der Waals surface area contributed by atoms with Gasteiger partial charge in [-0.2, -0.15) is 5.10 Å². The molecule has 0 aliphatic heterocycles. The molecule has 2 saturated carbocycles. The molecule has 0 radical (unpaired) electrons. The van der Waals surface area contributed by atoms with Crippen molar-refractivity contribution >= 4 is 11.6 Å². The number of nitrogens with zero attached hydrogens (tertiary/aromatic N) is 4. The van der Waals surface area contributed by atoms with Crippen molar-refractivity contribution in [2.24, 2.45) is 11.8 Å². The number of carbonyl (C=O) groups excluding carboxylic acids is 1. The number of rotatable bonds is 8. The predicted molar refractivity (Wildman–Crippen MR) is 159 cm³/mol. The van der Waals surface area contributed by atoms with Crippen molar-refractivity contribution in [1.29, 1.82) is 0 Å². The zero-order valence-corrected chi connectivity index (χ0v) is 24.4. The van der Waals surface area contributed by atoms with Crippen molar-refractivity contribution in [2.45, 2.75) is 90.2 Å². The van der Waals surface area contributed by atoms with Crippen LogP contribution in [0, 0.1) is 18.8 Å². The average Bonchev–Trinajstić information content (AvgIpc) is 3.47. The number of carbonyl (C=O) groups is 1. The van der Waals surface area contributed by atoms with Gasteiger partial charge in [-0.15, -0.1) is 0 Å². The second-order valence-electron chi connectivity index (χ2n) is 12.0. The molecule has 214 valence electrons. The predicted octanol–water partition coefficient (Wildman–Crippen LogP) is 6.70. The van der Waals surface area contributed by atoms with Gasteiger partial charge in [0.2, 0.25) is 5.91 Å². The molecule has 7 heteroatoms. The summed E-state index contributed by atoms with van der Waals surface area (Å²) in [7, 11) is 1.69. The van der Waals surface area contributed by atoms with Crippen LogP contribution in [0.2, 0.25) is 0 Å². The maximum atomic E-state index is 14.0. The van der Waals surface area contributed by atoms with Crippen LogP contribution in [0.1, 0.15) is 88.6 Å². The molecule has 0 spiro atoms. The molecular formula is C33H44N4O3. The Morgan fingerprint density at radius 1 is 1.05 bits per heavy atom. The van der Waals surface area contributed by atoms with E-state index in [0.29, 0.717) is 30.7 Å². The molecule has 1 amide bonds. The van der Waals surface area contributed by atoms with E-state index in [2.05, 4.69) is 60.4 Å². The highest BCUT2D eigenvalue weighted by Gasteiger charge is 2.32. The van der Waals surface area contributed by atoms with E-state index in [-0.39, 0.29) is 17.9 Å². The largest absolute Gasteiger partial charge is 0.495 e. The number of amides is 1. The zero-order chi connectivity index (χ0) is 28.2. The molecule has 1 aromatic carbocycles.